The van der Waals surface area contributed by atoms with E-state index < -0.39 is 11.9 Å². The van der Waals surface area contributed by atoms with E-state index in [9.17, 15) is 14.7 Å². The molecule has 1 heterocycles. The molecule has 2 atom stereocenters. The Kier molecular flexibility index (Phi) is 3.88. The molecule has 1 fully saturated rings. The molecule has 19 heavy (non-hydrogen) atoms. The lowest BCUT2D eigenvalue weighted by molar-refractivity contribution is -0.142. The third-order valence-electron chi connectivity index (χ3n) is 3.82. The molecule has 0 aliphatic carbocycles. The Morgan fingerprint density at radius 1 is 1.32 bits per heavy atom. The van der Waals surface area contributed by atoms with E-state index in [1.807, 2.05) is 31.2 Å². The van der Waals surface area contributed by atoms with Gasteiger partial charge in [-0.25, -0.2) is 0 Å². The minimum absolute atomic E-state index is 0.0699. The van der Waals surface area contributed by atoms with Gasteiger partial charge in [0.2, 0.25) is 5.91 Å². The average molecular weight is 261 g/mol. The first kappa shape index (κ1) is 13.6. The molecule has 4 nitrogen and oxygen atoms in total. The third kappa shape index (κ3) is 2.48. The van der Waals surface area contributed by atoms with Crippen LogP contribution in [0.3, 0.4) is 0 Å². The van der Waals surface area contributed by atoms with Crippen molar-refractivity contribution in [3.8, 4) is 0 Å². The molecule has 1 N–H and O–H groups in total. The molecule has 0 saturated carbocycles. The molecule has 1 aliphatic rings. The normalized spacial score (nSPS) is 22.8. The zero-order valence-electron chi connectivity index (χ0n) is 11.3. The number of rotatable bonds is 4. The molecule has 1 saturated heterocycles. The summed E-state index contributed by atoms with van der Waals surface area (Å²) < 4.78 is 0. The summed E-state index contributed by atoms with van der Waals surface area (Å²) in [5, 5.41) is 9.30. The molecule has 0 radical (unpaired) electrons. The fourth-order valence-electron chi connectivity index (χ4n) is 2.75. The van der Waals surface area contributed by atoms with Gasteiger partial charge in [-0.15, -0.1) is 0 Å². The van der Waals surface area contributed by atoms with Gasteiger partial charge >= 0.3 is 5.97 Å². The van der Waals surface area contributed by atoms with Crippen LogP contribution in [-0.2, 0) is 16.0 Å². The summed E-state index contributed by atoms with van der Waals surface area (Å²) >= 11 is 0. The Morgan fingerprint density at radius 2 is 1.95 bits per heavy atom. The van der Waals surface area contributed by atoms with Gasteiger partial charge in [0.1, 0.15) is 0 Å². The highest BCUT2D eigenvalue weighted by Gasteiger charge is 2.43. The monoisotopic (exact) mass is 261 g/mol. The minimum atomic E-state index is -0.895. The van der Waals surface area contributed by atoms with Crippen LogP contribution in [0.5, 0.6) is 0 Å². The van der Waals surface area contributed by atoms with E-state index in [0.29, 0.717) is 6.54 Å². The summed E-state index contributed by atoms with van der Waals surface area (Å²) in [5.41, 5.74) is 2.13. The minimum Gasteiger partial charge on any atom is -0.481 e. The summed E-state index contributed by atoms with van der Waals surface area (Å²) in [5.74, 6) is -1.60. The number of carbonyl (C=O) groups is 2. The third-order valence-corrected chi connectivity index (χ3v) is 3.82. The number of carboxylic acid groups (broad SMARTS) is 1. The van der Waals surface area contributed by atoms with Crippen molar-refractivity contribution in [2.24, 2.45) is 5.92 Å². The van der Waals surface area contributed by atoms with Gasteiger partial charge in [-0.3, -0.25) is 9.59 Å². The number of likely N-dealkylation sites (tertiary alicyclic amines) is 1. The van der Waals surface area contributed by atoms with E-state index >= 15 is 0 Å². The summed E-state index contributed by atoms with van der Waals surface area (Å²) in [4.78, 5) is 24.9. The predicted molar refractivity (Wildman–Crippen MR) is 71.7 cm³/mol. The van der Waals surface area contributed by atoms with Crippen molar-refractivity contribution in [2.75, 3.05) is 6.54 Å². The van der Waals surface area contributed by atoms with Crippen LogP contribution in [0.2, 0.25) is 0 Å². The Hall–Kier alpha value is -1.84. The highest BCUT2D eigenvalue weighted by molar-refractivity contribution is 5.87. The molecule has 0 bridgehead atoms. The molecule has 1 aromatic rings. The van der Waals surface area contributed by atoms with E-state index in [2.05, 4.69) is 6.92 Å². The van der Waals surface area contributed by atoms with Gasteiger partial charge < -0.3 is 10.0 Å². The van der Waals surface area contributed by atoms with Gasteiger partial charge in [-0.2, -0.15) is 0 Å². The van der Waals surface area contributed by atoms with Gasteiger partial charge in [-0.05, 0) is 24.5 Å². The number of hydrogen-bond acceptors (Lipinski definition) is 2. The molecule has 1 aliphatic heterocycles. The second kappa shape index (κ2) is 5.43. The van der Waals surface area contributed by atoms with Gasteiger partial charge in [0.25, 0.3) is 0 Å². The summed E-state index contributed by atoms with van der Waals surface area (Å²) in [6.07, 6.45) is 1.05. The molecule has 2 rings (SSSR count). The SMILES string of the molecule is CCc1ccc(C2C(C(=O)O)CC(=O)N2CC)cc1. The van der Waals surface area contributed by atoms with Crippen molar-refractivity contribution in [3.63, 3.8) is 0 Å². The number of aryl methyl sites for hydroxylation is 1. The van der Waals surface area contributed by atoms with Crippen LogP contribution in [0.25, 0.3) is 0 Å². The standard InChI is InChI=1S/C15H19NO3/c1-3-10-5-7-11(8-6-10)14-12(15(18)19)9-13(17)16(14)4-2/h5-8,12,14H,3-4,9H2,1-2H3,(H,18,19). The van der Waals surface area contributed by atoms with Gasteiger partial charge in [0.15, 0.2) is 0 Å². The van der Waals surface area contributed by atoms with Crippen molar-refractivity contribution < 1.29 is 14.7 Å². The molecule has 1 amide bonds. The molecular formula is C15H19NO3. The number of carbonyl (C=O) groups excluding carboxylic acids is 1. The zero-order valence-corrected chi connectivity index (χ0v) is 11.3. The van der Waals surface area contributed by atoms with E-state index in [1.165, 1.54) is 5.56 Å². The predicted octanol–water partition coefficient (Wildman–Crippen LogP) is 2.24. The Balaban J connectivity index is 2.36. The van der Waals surface area contributed by atoms with E-state index in [4.69, 9.17) is 0 Å². The fourth-order valence-corrected chi connectivity index (χ4v) is 2.75. The number of amides is 1. The Morgan fingerprint density at radius 3 is 2.42 bits per heavy atom. The van der Waals surface area contributed by atoms with E-state index in [-0.39, 0.29) is 18.4 Å². The second-order valence-electron chi connectivity index (χ2n) is 4.87. The topological polar surface area (TPSA) is 57.6 Å². The van der Waals surface area contributed by atoms with E-state index in [0.717, 1.165) is 12.0 Å². The summed E-state index contributed by atoms with van der Waals surface area (Å²) in [6.45, 7) is 4.50. The smallest absolute Gasteiger partial charge is 0.309 e. The first-order chi connectivity index (χ1) is 9.08. The maximum Gasteiger partial charge on any atom is 0.309 e. The van der Waals surface area contributed by atoms with Crippen molar-refractivity contribution >= 4 is 11.9 Å². The largest absolute Gasteiger partial charge is 0.481 e. The maximum absolute atomic E-state index is 11.9. The average Bonchev–Trinajstić information content (AvgIpc) is 2.76. The van der Waals surface area contributed by atoms with Crippen LogP contribution in [-0.4, -0.2) is 28.4 Å². The molecule has 0 aromatic heterocycles. The Labute approximate surface area is 113 Å². The first-order valence-corrected chi connectivity index (χ1v) is 6.69. The zero-order chi connectivity index (χ0) is 14.0. The van der Waals surface area contributed by atoms with Gasteiger partial charge in [0, 0.05) is 13.0 Å². The fraction of sp³-hybridized carbons (Fsp3) is 0.467. The van der Waals surface area contributed by atoms with E-state index in [1.54, 1.807) is 4.90 Å². The highest BCUT2D eigenvalue weighted by Crippen LogP contribution is 2.38. The van der Waals surface area contributed by atoms with Crippen molar-refractivity contribution in [1.82, 2.24) is 4.90 Å². The Bertz CT molecular complexity index is 481. The number of benzene rings is 1. The van der Waals surface area contributed by atoms with Crippen molar-refractivity contribution in [2.45, 2.75) is 32.7 Å². The highest BCUT2D eigenvalue weighted by atomic mass is 16.4. The summed E-state index contributed by atoms with van der Waals surface area (Å²) in [7, 11) is 0. The number of aliphatic carboxylic acids is 1. The lowest BCUT2D eigenvalue weighted by Crippen LogP contribution is -2.30. The van der Waals surface area contributed by atoms with Crippen LogP contribution in [0.1, 0.15) is 37.4 Å². The van der Waals surface area contributed by atoms with Gasteiger partial charge in [0.05, 0.1) is 12.0 Å². The number of nitrogens with zero attached hydrogens (tertiary/aromatic N) is 1. The van der Waals surface area contributed by atoms with Crippen molar-refractivity contribution in [3.05, 3.63) is 35.4 Å². The molecule has 2 unspecified atom stereocenters. The van der Waals surface area contributed by atoms with Crippen LogP contribution >= 0.6 is 0 Å². The number of hydrogen-bond donors (Lipinski definition) is 1. The molecular weight excluding hydrogens is 242 g/mol. The summed E-state index contributed by atoms with van der Waals surface area (Å²) in [6, 6.07) is 7.57. The van der Waals surface area contributed by atoms with Gasteiger partial charge in [-0.1, -0.05) is 31.2 Å². The first-order valence-electron chi connectivity index (χ1n) is 6.69. The van der Waals surface area contributed by atoms with Crippen molar-refractivity contribution in [1.29, 1.82) is 0 Å². The molecule has 0 spiro atoms. The lowest BCUT2D eigenvalue weighted by Gasteiger charge is -2.26. The second-order valence-corrected chi connectivity index (χ2v) is 4.87. The lowest BCUT2D eigenvalue weighted by atomic mass is 9.93. The number of carboxylic acids is 1. The van der Waals surface area contributed by atoms with Crippen LogP contribution in [0.4, 0.5) is 0 Å². The van der Waals surface area contributed by atoms with Crippen LogP contribution < -0.4 is 0 Å². The van der Waals surface area contributed by atoms with Crippen LogP contribution in [0, 0.1) is 5.92 Å². The van der Waals surface area contributed by atoms with Crippen LogP contribution in [0.15, 0.2) is 24.3 Å². The quantitative estimate of drug-likeness (QED) is 0.904. The maximum atomic E-state index is 11.9. The molecule has 102 valence electrons. The molecule has 4 heteroatoms. The molecule has 1 aromatic carbocycles.